The van der Waals surface area contributed by atoms with Gasteiger partial charge in [-0.15, -0.1) is 0 Å². The van der Waals surface area contributed by atoms with Gasteiger partial charge in [0.15, 0.2) is 0 Å². The fraction of sp³-hybridized carbons (Fsp3) is 1.00. The summed E-state index contributed by atoms with van der Waals surface area (Å²) < 4.78 is 0. The van der Waals surface area contributed by atoms with E-state index in [4.69, 9.17) is 0 Å². The van der Waals surface area contributed by atoms with Crippen LogP contribution in [0.15, 0.2) is 0 Å². The van der Waals surface area contributed by atoms with E-state index in [2.05, 4.69) is 11.8 Å². The normalized spacial score (nSPS) is 28.4. The first kappa shape index (κ1) is 9.01. The standard InChI is InChI=1S/C9H19NO/c1-2-6-10-7-3-4-9(11)5-8-10/h9,11H,2-8H2,1H3. The molecule has 1 aliphatic heterocycles. The Hall–Kier alpha value is -0.0800. The average Bonchev–Trinajstić information content (AvgIpc) is 2.17. The molecule has 0 aromatic carbocycles. The van der Waals surface area contributed by atoms with Crippen LogP contribution < -0.4 is 0 Å². The number of aliphatic hydroxyl groups excluding tert-OH is 1. The highest BCUT2D eigenvalue weighted by Gasteiger charge is 2.13. The molecule has 0 aromatic heterocycles. The summed E-state index contributed by atoms with van der Waals surface area (Å²) in [5, 5.41) is 9.35. The van der Waals surface area contributed by atoms with Crippen LogP contribution in [0.4, 0.5) is 0 Å². The van der Waals surface area contributed by atoms with Crippen molar-refractivity contribution in [2.75, 3.05) is 19.6 Å². The Morgan fingerprint density at radius 1 is 1.36 bits per heavy atom. The molecule has 1 rings (SSSR count). The summed E-state index contributed by atoms with van der Waals surface area (Å²) in [4.78, 5) is 2.45. The predicted octanol–water partition coefficient (Wildman–Crippen LogP) is 1.24. The molecule has 1 atom stereocenters. The fourth-order valence-electron chi connectivity index (χ4n) is 1.68. The quantitative estimate of drug-likeness (QED) is 0.652. The van der Waals surface area contributed by atoms with Crippen LogP contribution >= 0.6 is 0 Å². The zero-order valence-electron chi connectivity index (χ0n) is 7.42. The van der Waals surface area contributed by atoms with Crippen molar-refractivity contribution in [3.8, 4) is 0 Å². The van der Waals surface area contributed by atoms with E-state index in [1.807, 2.05) is 0 Å². The molecule has 1 N–H and O–H groups in total. The first-order valence-corrected chi connectivity index (χ1v) is 4.73. The molecule has 2 nitrogen and oxygen atoms in total. The van der Waals surface area contributed by atoms with E-state index in [9.17, 15) is 5.11 Å². The average molecular weight is 157 g/mol. The van der Waals surface area contributed by atoms with Gasteiger partial charge in [-0.2, -0.15) is 0 Å². The maximum atomic E-state index is 9.35. The van der Waals surface area contributed by atoms with Crippen molar-refractivity contribution in [3.05, 3.63) is 0 Å². The first-order valence-electron chi connectivity index (χ1n) is 4.73. The van der Waals surface area contributed by atoms with E-state index >= 15 is 0 Å². The van der Waals surface area contributed by atoms with E-state index in [-0.39, 0.29) is 6.10 Å². The molecule has 66 valence electrons. The van der Waals surface area contributed by atoms with Gasteiger partial charge >= 0.3 is 0 Å². The SMILES string of the molecule is CCCN1CCCC(O)CC1. The van der Waals surface area contributed by atoms with Gasteiger partial charge in [0.1, 0.15) is 0 Å². The van der Waals surface area contributed by atoms with E-state index < -0.39 is 0 Å². The smallest absolute Gasteiger partial charge is 0.0553 e. The van der Waals surface area contributed by atoms with Gasteiger partial charge in [-0.3, -0.25) is 0 Å². The molecular weight excluding hydrogens is 138 g/mol. The van der Waals surface area contributed by atoms with Gasteiger partial charge in [-0.25, -0.2) is 0 Å². The van der Waals surface area contributed by atoms with Crippen LogP contribution in [0.25, 0.3) is 0 Å². The Kier molecular flexibility index (Phi) is 3.87. The van der Waals surface area contributed by atoms with Gasteiger partial charge in [0.2, 0.25) is 0 Å². The van der Waals surface area contributed by atoms with Crippen molar-refractivity contribution >= 4 is 0 Å². The van der Waals surface area contributed by atoms with Crippen LogP contribution in [0.1, 0.15) is 32.6 Å². The molecule has 0 saturated carbocycles. The molecule has 0 spiro atoms. The highest BCUT2D eigenvalue weighted by atomic mass is 16.3. The Bertz CT molecular complexity index is 106. The number of aliphatic hydroxyl groups is 1. The Labute approximate surface area is 69.2 Å². The second-order valence-corrected chi connectivity index (χ2v) is 3.43. The van der Waals surface area contributed by atoms with E-state index in [1.165, 1.54) is 25.9 Å². The first-order chi connectivity index (χ1) is 5.33. The van der Waals surface area contributed by atoms with Crippen LogP contribution in [0.2, 0.25) is 0 Å². The molecule has 1 saturated heterocycles. The minimum atomic E-state index is -0.0307. The fourth-order valence-corrected chi connectivity index (χ4v) is 1.68. The summed E-state index contributed by atoms with van der Waals surface area (Å²) in [5.41, 5.74) is 0. The van der Waals surface area contributed by atoms with Crippen molar-refractivity contribution in [3.63, 3.8) is 0 Å². The maximum absolute atomic E-state index is 9.35. The lowest BCUT2D eigenvalue weighted by molar-refractivity contribution is 0.155. The predicted molar refractivity (Wildman–Crippen MR) is 46.6 cm³/mol. The minimum Gasteiger partial charge on any atom is -0.393 e. The van der Waals surface area contributed by atoms with Gasteiger partial charge in [-0.1, -0.05) is 6.92 Å². The maximum Gasteiger partial charge on any atom is 0.0553 e. The number of hydrogen-bond donors (Lipinski definition) is 1. The lowest BCUT2D eigenvalue weighted by atomic mass is 10.2. The highest BCUT2D eigenvalue weighted by molar-refractivity contribution is 4.68. The molecule has 0 radical (unpaired) electrons. The number of rotatable bonds is 2. The molecule has 0 aliphatic carbocycles. The molecule has 1 heterocycles. The van der Waals surface area contributed by atoms with E-state index in [0.717, 1.165) is 19.4 Å². The summed E-state index contributed by atoms with van der Waals surface area (Å²) in [6, 6.07) is 0. The van der Waals surface area contributed by atoms with Crippen LogP contribution in [-0.4, -0.2) is 35.7 Å². The topological polar surface area (TPSA) is 23.5 Å². The Morgan fingerprint density at radius 2 is 2.18 bits per heavy atom. The summed E-state index contributed by atoms with van der Waals surface area (Å²) in [6.45, 7) is 5.69. The van der Waals surface area contributed by atoms with Crippen LogP contribution in [0.3, 0.4) is 0 Å². The van der Waals surface area contributed by atoms with Crippen LogP contribution in [0, 0.1) is 0 Å². The van der Waals surface area contributed by atoms with Gasteiger partial charge in [0, 0.05) is 6.54 Å². The molecule has 0 amide bonds. The molecule has 2 heteroatoms. The summed E-state index contributed by atoms with van der Waals surface area (Å²) >= 11 is 0. The third-order valence-electron chi connectivity index (χ3n) is 2.33. The lowest BCUT2D eigenvalue weighted by Crippen LogP contribution is -2.25. The van der Waals surface area contributed by atoms with Gasteiger partial charge in [0.05, 0.1) is 6.10 Å². The van der Waals surface area contributed by atoms with Crippen LogP contribution in [0.5, 0.6) is 0 Å². The van der Waals surface area contributed by atoms with E-state index in [0.29, 0.717) is 0 Å². The van der Waals surface area contributed by atoms with Crippen molar-refractivity contribution in [1.82, 2.24) is 4.90 Å². The molecule has 0 aromatic rings. The number of hydrogen-bond acceptors (Lipinski definition) is 2. The molecule has 0 bridgehead atoms. The Morgan fingerprint density at radius 3 is 2.91 bits per heavy atom. The third-order valence-corrected chi connectivity index (χ3v) is 2.33. The molecule has 1 aliphatic rings. The zero-order valence-corrected chi connectivity index (χ0v) is 7.42. The Balaban J connectivity index is 2.22. The molecule has 11 heavy (non-hydrogen) atoms. The molecule has 1 unspecified atom stereocenters. The van der Waals surface area contributed by atoms with Crippen LogP contribution in [-0.2, 0) is 0 Å². The van der Waals surface area contributed by atoms with Crippen molar-refractivity contribution in [2.24, 2.45) is 0 Å². The van der Waals surface area contributed by atoms with Gasteiger partial charge < -0.3 is 10.0 Å². The second-order valence-electron chi connectivity index (χ2n) is 3.43. The minimum absolute atomic E-state index is 0.0307. The lowest BCUT2D eigenvalue weighted by Gasteiger charge is -2.18. The van der Waals surface area contributed by atoms with Crippen molar-refractivity contribution in [1.29, 1.82) is 0 Å². The molecule has 1 fully saturated rings. The van der Waals surface area contributed by atoms with E-state index in [1.54, 1.807) is 0 Å². The third kappa shape index (κ3) is 3.21. The summed E-state index contributed by atoms with van der Waals surface area (Å²) in [5.74, 6) is 0. The van der Waals surface area contributed by atoms with Gasteiger partial charge in [-0.05, 0) is 38.8 Å². The summed E-state index contributed by atoms with van der Waals surface area (Å²) in [7, 11) is 0. The number of nitrogens with zero attached hydrogens (tertiary/aromatic N) is 1. The largest absolute Gasteiger partial charge is 0.393 e. The van der Waals surface area contributed by atoms with Gasteiger partial charge in [0.25, 0.3) is 0 Å². The zero-order chi connectivity index (χ0) is 8.10. The number of likely N-dealkylation sites (tertiary alicyclic amines) is 1. The monoisotopic (exact) mass is 157 g/mol. The second kappa shape index (κ2) is 4.73. The molecular formula is C9H19NO. The van der Waals surface area contributed by atoms with Crippen molar-refractivity contribution < 1.29 is 5.11 Å². The van der Waals surface area contributed by atoms with Crippen molar-refractivity contribution in [2.45, 2.75) is 38.7 Å². The highest BCUT2D eigenvalue weighted by Crippen LogP contribution is 2.10. The summed E-state index contributed by atoms with van der Waals surface area (Å²) in [6.07, 6.45) is 4.34.